The number of hydrogen-bond donors (Lipinski definition) is 3. The molecule has 6 rings (SSSR count). The predicted molar refractivity (Wildman–Crippen MR) is 136 cm³/mol. The Morgan fingerprint density at radius 3 is 2.69 bits per heavy atom. The van der Waals surface area contributed by atoms with E-state index >= 15 is 0 Å². The normalized spacial score (nSPS) is 20.1. The van der Waals surface area contributed by atoms with Crippen molar-refractivity contribution in [2.24, 2.45) is 0 Å². The van der Waals surface area contributed by atoms with Gasteiger partial charge in [-0.3, -0.25) is 4.90 Å². The molecule has 0 amide bonds. The topological polar surface area (TPSA) is 135 Å². The summed E-state index contributed by atoms with van der Waals surface area (Å²) in [5.41, 5.74) is 6.27. The van der Waals surface area contributed by atoms with E-state index in [4.69, 9.17) is 14.9 Å². The molecule has 0 unspecified atom stereocenters. The molecule has 3 aromatic heterocycles. The van der Waals surface area contributed by atoms with Crippen LogP contribution >= 0.6 is 0 Å². The number of fused-ring (bicyclic) bond motifs is 1. The molecular formula is C24H27F3N10O2. The van der Waals surface area contributed by atoms with E-state index < -0.39 is 23.9 Å². The molecule has 0 saturated carbocycles. The predicted octanol–water partition coefficient (Wildman–Crippen LogP) is 1.56. The molecule has 2 saturated heterocycles. The minimum Gasteiger partial charge on any atom is -0.483 e. The van der Waals surface area contributed by atoms with E-state index in [-0.39, 0.29) is 30.5 Å². The fraction of sp³-hybridized carbons (Fsp3) is 0.417. The molecule has 2 aliphatic heterocycles. The zero-order chi connectivity index (χ0) is 26.9. The zero-order valence-corrected chi connectivity index (χ0v) is 20.9. The van der Waals surface area contributed by atoms with Crippen LogP contribution in [0.15, 0.2) is 34.9 Å². The van der Waals surface area contributed by atoms with Gasteiger partial charge in [-0.25, -0.2) is 13.2 Å². The van der Waals surface area contributed by atoms with Crippen molar-refractivity contribution in [3.8, 4) is 17.3 Å². The largest absolute Gasteiger partial charge is 0.483 e. The number of nitrogen functional groups attached to an aromatic ring is 1. The number of alkyl halides is 1. The summed E-state index contributed by atoms with van der Waals surface area (Å²) in [5.74, 6) is -0.0555. The average Bonchev–Trinajstić information content (AvgIpc) is 3.68. The van der Waals surface area contributed by atoms with Crippen LogP contribution < -0.4 is 26.0 Å². The van der Waals surface area contributed by atoms with Crippen LogP contribution in [0.3, 0.4) is 0 Å². The average molecular weight is 545 g/mol. The molecule has 0 spiro atoms. The van der Waals surface area contributed by atoms with Crippen LogP contribution in [-0.4, -0.2) is 94.1 Å². The Morgan fingerprint density at radius 2 is 1.95 bits per heavy atom. The molecule has 2 aliphatic rings. The van der Waals surface area contributed by atoms with Gasteiger partial charge in [0.2, 0.25) is 17.7 Å². The molecule has 206 valence electrons. The van der Waals surface area contributed by atoms with Crippen molar-refractivity contribution in [2.75, 3.05) is 68.3 Å². The highest BCUT2D eigenvalue weighted by atomic mass is 19.1. The number of nitrogens with zero attached hydrogens (tertiary/aromatic N) is 7. The first-order valence-corrected chi connectivity index (χ1v) is 12.6. The Kier molecular flexibility index (Phi) is 6.83. The molecule has 5 heterocycles. The Bertz CT molecular complexity index is 1440. The molecule has 0 bridgehead atoms. The van der Waals surface area contributed by atoms with Gasteiger partial charge >= 0.3 is 0 Å². The van der Waals surface area contributed by atoms with E-state index in [1.54, 1.807) is 12.1 Å². The number of ether oxygens (including phenoxy) is 1. The smallest absolute Gasteiger partial charge is 0.259 e. The number of nitrogens with one attached hydrogen (secondary N) is 2. The summed E-state index contributed by atoms with van der Waals surface area (Å²) >= 11 is 0. The lowest BCUT2D eigenvalue weighted by Gasteiger charge is -2.36. The molecule has 0 radical (unpaired) electrons. The van der Waals surface area contributed by atoms with Gasteiger partial charge in [0.1, 0.15) is 11.9 Å². The standard InChI is InChI=1S/C24H27F3N10O2/c25-14-10-15(26)19(39-20-13-29-12-16(20)27)11-17(14)36-7-5-35(6-8-36)4-3-30-23-32-22(28)37-24(33-23)31-21(34-37)18-2-1-9-38-18/h1-2,9-11,16,20,29H,3-8,12-13H2,(H3,28,30,31,32,33,34)/t16-,20+/m0/s1. The van der Waals surface area contributed by atoms with Crippen molar-refractivity contribution in [2.45, 2.75) is 12.3 Å². The summed E-state index contributed by atoms with van der Waals surface area (Å²) in [6.07, 6.45) is -0.513. The van der Waals surface area contributed by atoms with E-state index in [1.807, 2.05) is 4.90 Å². The monoisotopic (exact) mass is 544 g/mol. The summed E-state index contributed by atoms with van der Waals surface area (Å²) in [4.78, 5) is 17.0. The third-order valence-corrected chi connectivity index (χ3v) is 6.77. The maximum Gasteiger partial charge on any atom is 0.259 e. The van der Waals surface area contributed by atoms with Gasteiger partial charge in [-0.1, -0.05) is 0 Å². The summed E-state index contributed by atoms with van der Waals surface area (Å²) in [5, 5.41) is 10.3. The number of nitrogens with two attached hydrogens (primary N) is 1. The van der Waals surface area contributed by atoms with Crippen LogP contribution in [0.4, 0.5) is 30.8 Å². The number of aromatic nitrogens is 5. The van der Waals surface area contributed by atoms with Crippen LogP contribution in [0.5, 0.6) is 5.75 Å². The summed E-state index contributed by atoms with van der Waals surface area (Å²) in [6.45, 7) is 4.03. The summed E-state index contributed by atoms with van der Waals surface area (Å²) in [7, 11) is 0. The molecule has 4 N–H and O–H groups in total. The lowest BCUT2D eigenvalue weighted by atomic mass is 10.2. The lowest BCUT2D eigenvalue weighted by Crippen LogP contribution is -2.48. The number of furan rings is 1. The highest BCUT2D eigenvalue weighted by Gasteiger charge is 2.30. The first-order chi connectivity index (χ1) is 18.9. The van der Waals surface area contributed by atoms with Crippen molar-refractivity contribution < 1.29 is 22.3 Å². The van der Waals surface area contributed by atoms with Crippen LogP contribution in [0, 0.1) is 11.6 Å². The highest BCUT2D eigenvalue weighted by molar-refractivity contribution is 5.54. The first kappa shape index (κ1) is 25.2. The molecule has 0 aliphatic carbocycles. The number of anilines is 3. The molecule has 39 heavy (non-hydrogen) atoms. The molecule has 4 aromatic rings. The number of hydrogen-bond acceptors (Lipinski definition) is 11. The lowest BCUT2D eigenvalue weighted by molar-refractivity contribution is 0.134. The Balaban J connectivity index is 1.03. The summed E-state index contributed by atoms with van der Waals surface area (Å²) in [6, 6.07) is 5.60. The third-order valence-electron chi connectivity index (χ3n) is 6.77. The van der Waals surface area contributed by atoms with Crippen molar-refractivity contribution >= 4 is 23.4 Å². The van der Waals surface area contributed by atoms with Crippen LogP contribution in [-0.2, 0) is 0 Å². The summed E-state index contributed by atoms with van der Waals surface area (Å²) < 4.78 is 55.0. The Morgan fingerprint density at radius 1 is 1.10 bits per heavy atom. The number of rotatable bonds is 8. The van der Waals surface area contributed by atoms with E-state index in [1.165, 1.54) is 16.8 Å². The van der Waals surface area contributed by atoms with Gasteiger partial charge in [0.05, 0.1) is 12.0 Å². The molecule has 15 heteroatoms. The minimum absolute atomic E-state index is 0.136. The second-order valence-electron chi connectivity index (χ2n) is 9.35. The number of halogens is 3. The van der Waals surface area contributed by atoms with Crippen LogP contribution in [0.2, 0.25) is 0 Å². The van der Waals surface area contributed by atoms with Crippen molar-refractivity contribution in [3.05, 3.63) is 42.2 Å². The maximum absolute atomic E-state index is 14.6. The molecule has 1 aromatic carbocycles. The second kappa shape index (κ2) is 10.6. The van der Waals surface area contributed by atoms with Crippen molar-refractivity contribution in [1.82, 2.24) is 34.8 Å². The number of piperazine rings is 1. The first-order valence-electron chi connectivity index (χ1n) is 12.6. The van der Waals surface area contributed by atoms with Crippen LogP contribution in [0.1, 0.15) is 0 Å². The van der Waals surface area contributed by atoms with Crippen LogP contribution in [0.25, 0.3) is 17.4 Å². The molecule has 2 atom stereocenters. The van der Waals surface area contributed by atoms with E-state index in [2.05, 4.69) is 35.6 Å². The van der Waals surface area contributed by atoms with Crippen molar-refractivity contribution in [3.63, 3.8) is 0 Å². The fourth-order valence-corrected chi connectivity index (χ4v) is 4.69. The van der Waals surface area contributed by atoms with Gasteiger partial charge in [0.25, 0.3) is 5.78 Å². The quantitative estimate of drug-likeness (QED) is 0.298. The fourth-order valence-electron chi connectivity index (χ4n) is 4.69. The van der Waals surface area contributed by atoms with Gasteiger partial charge in [-0.15, -0.1) is 5.10 Å². The van der Waals surface area contributed by atoms with Gasteiger partial charge < -0.3 is 30.4 Å². The van der Waals surface area contributed by atoms with E-state index in [9.17, 15) is 13.2 Å². The van der Waals surface area contributed by atoms with Crippen molar-refractivity contribution in [1.29, 1.82) is 0 Å². The van der Waals surface area contributed by atoms with E-state index in [0.717, 1.165) is 6.07 Å². The van der Waals surface area contributed by atoms with Gasteiger partial charge in [0, 0.05) is 64.5 Å². The molecule has 12 nitrogen and oxygen atoms in total. The van der Waals surface area contributed by atoms with Gasteiger partial charge in [-0.2, -0.15) is 19.5 Å². The maximum atomic E-state index is 14.6. The second-order valence-corrected chi connectivity index (χ2v) is 9.35. The SMILES string of the molecule is Nc1nc(NCCN2CCN(c3cc(O[C@@H]4CNC[C@@H]4F)c(F)cc3F)CC2)nc2nc(-c3ccco3)nn12. The Labute approximate surface area is 221 Å². The van der Waals surface area contributed by atoms with E-state index in [0.29, 0.717) is 62.6 Å². The van der Waals surface area contributed by atoms with Gasteiger partial charge in [0.15, 0.2) is 23.5 Å². The molecule has 2 fully saturated rings. The molecular weight excluding hydrogens is 517 g/mol. The minimum atomic E-state index is -1.24. The zero-order valence-electron chi connectivity index (χ0n) is 20.9. The van der Waals surface area contributed by atoms with Gasteiger partial charge in [-0.05, 0) is 12.1 Å². The Hall–Kier alpha value is -4.11. The third kappa shape index (κ3) is 5.27. The number of benzene rings is 1. The highest BCUT2D eigenvalue weighted by Crippen LogP contribution is 2.30.